The molecule has 0 atom stereocenters. The van der Waals surface area contributed by atoms with Gasteiger partial charge in [-0.1, -0.05) is 11.2 Å². The van der Waals surface area contributed by atoms with Gasteiger partial charge in [0.25, 0.3) is 0 Å². The Hall–Kier alpha value is -1.93. The summed E-state index contributed by atoms with van der Waals surface area (Å²) in [6.07, 6.45) is 1.13. The second-order valence-corrected chi connectivity index (χ2v) is 5.80. The second kappa shape index (κ2) is 4.98. The monoisotopic (exact) mass is 282 g/mol. The molecule has 1 aromatic carbocycles. The van der Waals surface area contributed by atoms with Gasteiger partial charge in [-0.05, 0) is 31.0 Å². The van der Waals surface area contributed by atoms with E-state index in [1.807, 2.05) is 6.92 Å². The molecule has 0 aliphatic carbocycles. The van der Waals surface area contributed by atoms with Crippen LogP contribution in [0.1, 0.15) is 17.0 Å². The lowest BCUT2D eigenvalue weighted by Gasteiger charge is -2.12. The van der Waals surface area contributed by atoms with Gasteiger partial charge in [0, 0.05) is 0 Å². The van der Waals surface area contributed by atoms with Crippen LogP contribution in [-0.2, 0) is 16.6 Å². The summed E-state index contributed by atoms with van der Waals surface area (Å²) in [6.45, 7) is 3.49. The molecule has 3 N–H and O–H groups in total. The number of rotatable bonds is 4. The Bertz CT molecular complexity index is 680. The standard InChI is InChI=1S/C11H14N4O3S/c1-7-3-4-9(12)11(8(7)2)19(16,17)14-5-10-13-6-18-15-10/h3-4,6,14H,5,12H2,1-2H3. The Morgan fingerprint density at radius 2 is 2.11 bits per heavy atom. The van der Waals surface area contributed by atoms with Gasteiger partial charge in [-0.2, -0.15) is 4.98 Å². The summed E-state index contributed by atoms with van der Waals surface area (Å²) in [5.74, 6) is 0.257. The molecule has 0 bridgehead atoms. The Kier molecular flexibility index (Phi) is 3.54. The smallest absolute Gasteiger partial charge is 0.243 e. The summed E-state index contributed by atoms with van der Waals surface area (Å²) in [7, 11) is -3.72. The molecule has 7 nitrogen and oxygen atoms in total. The minimum absolute atomic E-state index is 0.0499. The number of nitrogens with zero attached hydrogens (tertiary/aromatic N) is 2. The van der Waals surface area contributed by atoms with Crippen LogP contribution in [0.25, 0.3) is 0 Å². The van der Waals surface area contributed by atoms with Gasteiger partial charge >= 0.3 is 0 Å². The van der Waals surface area contributed by atoms with Crippen LogP contribution in [0, 0.1) is 13.8 Å². The van der Waals surface area contributed by atoms with Crippen LogP contribution in [0.4, 0.5) is 5.69 Å². The zero-order valence-corrected chi connectivity index (χ0v) is 11.4. The van der Waals surface area contributed by atoms with Crippen LogP contribution in [0.15, 0.2) is 27.9 Å². The van der Waals surface area contributed by atoms with Gasteiger partial charge in [0.15, 0.2) is 5.82 Å². The average molecular weight is 282 g/mol. The van der Waals surface area contributed by atoms with Gasteiger partial charge in [-0.25, -0.2) is 13.1 Å². The lowest BCUT2D eigenvalue weighted by Crippen LogP contribution is -2.25. The van der Waals surface area contributed by atoms with Gasteiger partial charge in [0.2, 0.25) is 16.4 Å². The highest BCUT2D eigenvalue weighted by Crippen LogP contribution is 2.25. The zero-order chi connectivity index (χ0) is 14.0. The van der Waals surface area contributed by atoms with E-state index in [0.29, 0.717) is 5.56 Å². The van der Waals surface area contributed by atoms with E-state index >= 15 is 0 Å². The largest absolute Gasteiger partial charge is 0.398 e. The van der Waals surface area contributed by atoms with E-state index in [1.165, 1.54) is 0 Å². The highest BCUT2D eigenvalue weighted by molar-refractivity contribution is 7.89. The van der Waals surface area contributed by atoms with Gasteiger partial charge in [-0.3, -0.25) is 0 Å². The molecule has 0 unspecified atom stereocenters. The summed E-state index contributed by atoms with van der Waals surface area (Å²) < 4.78 is 31.4. The third kappa shape index (κ3) is 2.74. The van der Waals surface area contributed by atoms with Crippen LogP contribution < -0.4 is 10.5 Å². The molecule has 0 aliphatic rings. The molecule has 2 aromatic rings. The van der Waals surface area contributed by atoms with Gasteiger partial charge < -0.3 is 10.3 Å². The molecule has 0 spiro atoms. The van der Waals surface area contributed by atoms with Crippen molar-refractivity contribution in [2.45, 2.75) is 25.3 Å². The second-order valence-electron chi connectivity index (χ2n) is 4.10. The molecule has 0 aliphatic heterocycles. The van der Waals surface area contributed by atoms with Crippen LogP contribution in [0.5, 0.6) is 0 Å². The first-order valence-electron chi connectivity index (χ1n) is 5.52. The number of benzene rings is 1. The van der Waals surface area contributed by atoms with Crippen molar-refractivity contribution in [2.24, 2.45) is 0 Å². The summed E-state index contributed by atoms with van der Waals surface area (Å²) in [5.41, 5.74) is 7.45. The number of aromatic nitrogens is 2. The molecule has 0 radical (unpaired) electrons. The third-order valence-electron chi connectivity index (χ3n) is 2.80. The molecule has 2 rings (SSSR count). The van der Waals surface area contributed by atoms with Crippen LogP contribution in [0.2, 0.25) is 0 Å². The third-order valence-corrected chi connectivity index (χ3v) is 4.41. The SMILES string of the molecule is Cc1ccc(N)c(S(=O)(=O)NCc2ncon2)c1C. The topological polar surface area (TPSA) is 111 Å². The molecular weight excluding hydrogens is 268 g/mol. The normalized spacial score (nSPS) is 11.7. The number of nitrogen functional groups attached to an aromatic ring is 1. The van der Waals surface area contributed by atoms with E-state index in [0.717, 1.165) is 12.0 Å². The first kappa shape index (κ1) is 13.5. The Balaban J connectivity index is 2.32. The van der Waals surface area contributed by atoms with E-state index in [1.54, 1.807) is 19.1 Å². The van der Waals surface area contributed by atoms with Crippen LogP contribution in [-0.4, -0.2) is 18.6 Å². The van der Waals surface area contributed by atoms with Crippen molar-refractivity contribution < 1.29 is 12.9 Å². The summed E-state index contributed by atoms with van der Waals surface area (Å²) in [4.78, 5) is 3.83. The molecule has 0 amide bonds. The molecule has 19 heavy (non-hydrogen) atoms. The highest BCUT2D eigenvalue weighted by Gasteiger charge is 2.21. The minimum Gasteiger partial charge on any atom is -0.398 e. The van der Waals surface area contributed by atoms with Crippen molar-refractivity contribution in [3.05, 3.63) is 35.5 Å². The first-order valence-corrected chi connectivity index (χ1v) is 7.00. The fourth-order valence-corrected chi connectivity index (χ4v) is 3.08. The summed E-state index contributed by atoms with van der Waals surface area (Å²) >= 11 is 0. The van der Waals surface area contributed by atoms with Crippen molar-refractivity contribution in [3.63, 3.8) is 0 Å². The number of hydrogen-bond donors (Lipinski definition) is 2. The Morgan fingerprint density at radius 3 is 2.74 bits per heavy atom. The molecule has 0 saturated heterocycles. The zero-order valence-electron chi connectivity index (χ0n) is 10.5. The van der Waals surface area contributed by atoms with Crippen molar-refractivity contribution in [1.29, 1.82) is 0 Å². The quantitative estimate of drug-likeness (QED) is 0.800. The van der Waals surface area contributed by atoms with Crippen molar-refractivity contribution >= 4 is 15.7 Å². The van der Waals surface area contributed by atoms with Crippen molar-refractivity contribution in [2.75, 3.05) is 5.73 Å². The molecule has 8 heteroatoms. The van der Waals surface area contributed by atoms with E-state index in [4.69, 9.17) is 5.73 Å². The molecule has 0 saturated carbocycles. The van der Waals surface area contributed by atoms with Crippen LogP contribution in [0.3, 0.4) is 0 Å². The fraction of sp³-hybridized carbons (Fsp3) is 0.273. The summed E-state index contributed by atoms with van der Waals surface area (Å²) in [5, 5.41) is 3.53. The number of aryl methyl sites for hydroxylation is 1. The van der Waals surface area contributed by atoms with E-state index in [-0.39, 0.29) is 23.0 Å². The van der Waals surface area contributed by atoms with Gasteiger partial charge in [0.05, 0.1) is 12.2 Å². The lowest BCUT2D eigenvalue weighted by molar-refractivity contribution is 0.409. The maximum atomic E-state index is 12.2. The number of sulfonamides is 1. The van der Waals surface area contributed by atoms with Crippen molar-refractivity contribution in [3.8, 4) is 0 Å². The maximum Gasteiger partial charge on any atom is 0.243 e. The minimum atomic E-state index is -3.72. The number of anilines is 1. The first-order chi connectivity index (χ1) is 8.92. The molecule has 0 fully saturated rings. The van der Waals surface area contributed by atoms with Gasteiger partial charge in [-0.15, -0.1) is 0 Å². The van der Waals surface area contributed by atoms with E-state index in [2.05, 4.69) is 19.4 Å². The predicted octanol–water partition coefficient (Wildman–Crippen LogP) is 0.747. The Morgan fingerprint density at radius 1 is 1.37 bits per heavy atom. The fourth-order valence-electron chi connectivity index (χ4n) is 1.67. The molecule has 102 valence electrons. The van der Waals surface area contributed by atoms with E-state index in [9.17, 15) is 8.42 Å². The highest BCUT2D eigenvalue weighted by atomic mass is 32.2. The molecule has 1 heterocycles. The number of hydrogen-bond acceptors (Lipinski definition) is 6. The van der Waals surface area contributed by atoms with E-state index < -0.39 is 10.0 Å². The summed E-state index contributed by atoms with van der Waals surface area (Å²) in [6, 6.07) is 3.36. The number of nitrogens with two attached hydrogens (primary N) is 1. The lowest BCUT2D eigenvalue weighted by atomic mass is 10.1. The predicted molar refractivity (Wildman–Crippen MR) is 68.7 cm³/mol. The van der Waals surface area contributed by atoms with Gasteiger partial charge in [0.1, 0.15) is 4.90 Å². The Labute approximate surface area is 110 Å². The molecular formula is C11H14N4O3S. The van der Waals surface area contributed by atoms with Crippen LogP contribution >= 0.6 is 0 Å². The maximum absolute atomic E-state index is 12.2. The number of nitrogens with one attached hydrogen (secondary N) is 1. The molecule has 1 aromatic heterocycles. The average Bonchev–Trinajstić information content (AvgIpc) is 2.85. The van der Waals surface area contributed by atoms with Crippen molar-refractivity contribution in [1.82, 2.24) is 14.9 Å².